The van der Waals surface area contributed by atoms with Gasteiger partial charge in [-0.25, -0.2) is 10.7 Å². The predicted octanol–water partition coefficient (Wildman–Crippen LogP) is 1.16. The number of benzene rings is 1. The van der Waals surface area contributed by atoms with E-state index in [1.165, 1.54) is 0 Å². The smallest absolute Gasteiger partial charge is 0.475 e. The molecule has 2 unspecified atom stereocenters. The highest BCUT2D eigenvalue weighted by atomic mass is 19.4. The van der Waals surface area contributed by atoms with E-state index in [1.54, 1.807) is 0 Å². The van der Waals surface area contributed by atoms with Crippen LogP contribution in [0.3, 0.4) is 0 Å². The molecule has 15 heteroatoms. The Morgan fingerprint density at radius 2 is 1.77 bits per heavy atom. The molecule has 1 heterocycles. The molecule has 0 bridgehead atoms. The van der Waals surface area contributed by atoms with Gasteiger partial charge in [0.05, 0.1) is 11.1 Å². The van der Waals surface area contributed by atoms with Crippen LogP contribution < -0.4 is 15.4 Å². The molecular weight excluding hydrogens is 436 g/mol. The summed E-state index contributed by atoms with van der Waals surface area (Å²) >= 11 is 0. The van der Waals surface area contributed by atoms with Crippen LogP contribution in [0.2, 0.25) is 0 Å². The molecule has 1 aromatic carbocycles. The van der Waals surface area contributed by atoms with Gasteiger partial charge >= 0.3 is 24.5 Å². The number of ether oxygens (including phenoxy) is 3. The third kappa shape index (κ3) is 5.51. The van der Waals surface area contributed by atoms with Gasteiger partial charge in [0.15, 0.2) is 0 Å². The normalized spacial score (nSPS) is 18.1. The lowest BCUT2D eigenvalue weighted by molar-refractivity contribution is -0.325. The van der Waals surface area contributed by atoms with Crippen LogP contribution >= 0.6 is 0 Å². The van der Waals surface area contributed by atoms with Gasteiger partial charge in [-0.15, -0.1) is 13.2 Å². The highest BCUT2D eigenvalue weighted by Crippen LogP contribution is 2.44. The van der Waals surface area contributed by atoms with Crippen molar-refractivity contribution in [2.45, 2.75) is 37.8 Å². The summed E-state index contributed by atoms with van der Waals surface area (Å²) in [5.41, 5.74) is -3.23. The lowest BCUT2D eigenvalue weighted by Gasteiger charge is -2.31. The number of rotatable bonds is 5. The van der Waals surface area contributed by atoms with Crippen molar-refractivity contribution >= 4 is 12.0 Å². The minimum atomic E-state index is -5.28. The summed E-state index contributed by atoms with van der Waals surface area (Å²) in [5, 5.41) is 28.1. The molecule has 30 heavy (non-hydrogen) atoms. The fourth-order valence-corrected chi connectivity index (χ4v) is 2.38. The third-order valence-corrected chi connectivity index (χ3v) is 3.51. The van der Waals surface area contributed by atoms with E-state index >= 15 is 0 Å². The fraction of sp³-hybridized carbons (Fsp3) is 0.400. The van der Waals surface area contributed by atoms with Crippen molar-refractivity contribution < 1.29 is 65.5 Å². The number of aliphatic hydroxyl groups is 3. The average molecular weight is 449 g/mol. The molecule has 2 atom stereocenters. The molecule has 0 saturated carbocycles. The number of fused-ring (bicyclic) bond motifs is 1. The molecule has 0 radical (unpaired) electrons. The maximum Gasteiger partial charge on any atom is 0.573 e. The standard InChI is InChI=1S/C15H13F6NO8/c1-5(30-22)27-12(23)8-3-6-2-7(29-15(19,20)21)4-9(14(24,25)26)10(6)28-11(8)13(16,17)18/h2-5,11,24-26H,22H2,1H3. The first-order valence-corrected chi connectivity index (χ1v) is 7.65. The zero-order valence-electron chi connectivity index (χ0n) is 14.6. The minimum Gasteiger partial charge on any atom is -0.475 e. The van der Waals surface area contributed by atoms with Crippen LogP contribution in [0.15, 0.2) is 17.7 Å². The zero-order valence-corrected chi connectivity index (χ0v) is 14.6. The minimum absolute atomic E-state index is 0.196. The molecule has 1 aliphatic rings. The van der Waals surface area contributed by atoms with Crippen LogP contribution in [0.4, 0.5) is 26.3 Å². The van der Waals surface area contributed by atoms with Crippen molar-refractivity contribution in [3.05, 3.63) is 28.8 Å². The molecule has 0 aliphatic carbocycles. The molecule has 0 aromatic heterocycles. The summed E-state index contributed by atoms with van der Waals surface area (Å²) in [4.78, 5) is 16.2. The van der Waals surface area contributed by atoms with Crippen LogP contribution in [0.25, 0.3) is 6.08 Å². The Labute approximate surface area is 162 Å². The molecule has 9 nitrogen and oxygen atoms in total. The number of halogens is 6. The number of nitrogens with two attached hydrogens (primary N) is 1. The second kappa shape index (κ2) is 7.92. The predicted molar refractivity (Wildman–Crippen MR) is 80.7 cm³/mol. The summed E-state index contributed by atoms with van der Waals surface area (Å²) < 4.78 is 90.4. The lowest BCUT2D eigenvalue weighted by atomic mass is 9.97. The quantitative estimate of drug-likeness (QED) is 0.226. The van der Waals surface area contributed by atoms with E-state index in [0.717, 1.165) is 6.92 Å². The molecule has 5 N–H and O–H groups in total. The Morgan fingerprint density at radius 3 is 2.23 bits per heavy atom. The number of hydrogen-bond donors (Lipinski definition) is 4. The average Bonchev–Trinajstić information content (AvgIpc) is 2.56. The molecular formula is C15H13F6NO8. The van der Waals surface area contributed by atoms with Gasteiger partial charge in [-0.3, -0.25) is 4.84 Å². The largest absolute Gasteiger partial charge is 0.573 e. The maximum absolute atomic E-state index is 13.4. The number of alkyl halides is 6. The van der Waals surface area contributed by atoms with E-state index in [-0.39, 0.29) is 6.07 Å². The molecule has 168 valence electrons. The van der Waals surface area contributed by atoms with Crippen LogP contribution in [-0.2, 0) is 20.3 Å². The van der Waals surface area contributed by atoms with Crippen molar-refractivity contribution in [2.24, 2.45) is 5.90 Å². The van der Waals surface area contributed by atoms with Gasteiger partial charge in [0.1, 0.15) is 11.5 Å². The molecule has 0 saturated heterocycles. The summed E-state index contributed by atoms with van der Waals surface area (Å²) in [7, 11) is 0. The van der Waals surface area contributed by atoms with Gasteiger partial charge < -0.3 is 29.5 Å². The van der Waals surface area contributed by atoms with Crippen LogP contribution in [-0.4, -0.2) is 46.2 Å². The number of esters is 1. The number of hydrogen-bond acceptors (Lipinski definition) is 9. The van der Waals surface area contributed by atoms with Gasteiger partial charge in [-0.2, -0.15) is 13.2 Å². The van der Waals surface area contributed by atoms with Gasteiger partial charge in [0, 0.05) is 5.56 Å². The van der Waals surface area contributed by atoms with E-state index in [2.05, 4.69) is 19.0 Å². The van der Waals surface area contributed by atoms with E-state index in [4.69, 9.17) is 5.90 Å². The van der Waals surface area contributed by atoms with Gasteiger partial charge in [-0.1, -0.05) is 0 Å². The first-order valence-electron chi connectivity index (χ1n) is 7.65. The first-order chi connectivity index (χ1) is 13.5. The van der Waals surface area contributed by atoms with E-state index in [9.17, 15) is 46.5 Å². The molecule has 1 aromatic rings. The molecule has 0 amide bonds. The third-order valence-electron chi connectivity index (χ3n) is 3.51. The van der Waals surface area contributed by atoms with Crippen molar-refractivity contribution in [3.8, 4) is 11.5 Å². The van der Waals surface area contributed by atoms with Gasteiger partial charge in [0.25, 0.3) is 0 Å². The lowest BCUT2D eigenvalue weighted by Crippen LogP contribution is -2.42. The molecule has 1 aliphatic heterocycles. The Hall–Kier alpha value is -2.59. The SMILES string of the molecule is CC(ON)OC(=O)C1=Cc2cc(OC(F)(F)F)cc(C(O)(O)O)c2OC1C(F)(F)F. The van der Waals surface area contributed by atoms with E-state index in [0.29, 0.717) is 12.1 Å². The molecule has 0 fully saturated rings. The fourth-order valence-electron chi connectivity index (χ4n) is 2.38. The van der Waals surface area contributed by atoms with Crippen LogP contribution in [0.1, 0.15) is 18.1 Å². The summed E-state index contributed by atoms with van der Waals surface area (Å²) in [6, 6.07) is 0.683. The Morgan fingerprint density at radius 1 is 1.17 bits per heavy atom. The van der Waals surface area contributed by atoms with Crippen molar-refractivity contribution in [1.82, 2.24) is 0 Å². The summed E-state index contributed by atoms with van der Waals surface area (Å²) in [5.74, 6) is -3.05. The van der Waals surface area contributed by atoms with Crippen LogP contribution in [0.5, 0.6) is 11.5 Å². The van der Waals surface area contributed by atoms with E-state index in [1.807, 2.05) is 0 Å². The summed E-state index contributed by atoms with van der Waals surface area (Å²) in [6.45, 7) is 1.06. The Bertz CT molecular complexity index is 845. The maximum atomic E-state index is 13.4. The monoisotopic (exact) mass is 449 g/mol. The first kappa shape index (κ1) is 23.7. The van der Waals surface area contributed by atoms with E-state index < -0.39 is 65.1 Å². The van der Waals surface area contributed by atoms with Crippen molar-refractivity contribution in [1.29, 1.82) is 0 Å². The number of carbonyl (C=O) groups is 1. The zero-order chi connectivity index (χ0) is 23.1. The molecule has 2 rings (SSSR count). The van der Waals surface area contributed by atoms with Gasteiger partial charge in [-0.05, 0) is 25.1 Å². The second-order valence-electron chi connectivity index (χ2n) is 5.82. The Kier molecular flexibility index (Phi) is 6.25. The highest BCUT2D eigenvalue weighted by molar-refractivity contribution is 5.96. The van der Waals surface area contributed by atoms with Crippen LogP contribution in [0, 0.1) is 0 Å². The van der Waals surface area contributed by atoms with Crippen molar-refractivity contribution in [3.63, 3.8) is 0 Å². The van der Waals surface area contributed by atoms with Crippen molar-refractivity contribution in [2.75, 3.05) is 0 Å². The molecule has 0 spiro atoms. The number of carbonyl (C=O) groups excluding carboxylic acids is 1. The second-order valence-corrected chi connectivity index (χ2v) is 5.82. The van der Waals surface area contributed by atoms with Gasteiger partial charge in [0.2, 0.25) is 12.4 Å². The highest BCUT2D eigenvalue weighted by Gasteiger charge is 2.50. The topological polar surface area (TPSA) is 141 Å². The summed E-state index contributed by atoms with van der Waals surface area (Å²) in [6.07, 6.45) is -14.7. The Balaban J connectivity index is 2.67.